The van der Waals surface area contributed by atoms with Crippen molar-refractivity contribution in [3.05, 3.63) is 0 Å². The summed E-state index contributed by atoms with van der Waals surface area (Å²) in [6.45, 7) is 1.70. The van der Waals surface area contributed by atoms with Gasteiger partial charge >= 0.3 is 112 Å². The van der Waals surface area contributed by atoms with Crippen LogP contribution in [0.15, 0.2) is 0 Å². The van der Waals surface area contributed by atoms with E-state index in [1.165, 1.54) is 0 Å². The minimum Gasteiger partial charge on any atom is -0.540 e. The number of hydrogen-bond acceptors (Lipinski definition) is 6. The van der Waals surface area contributed by atoms with Crippen molar-refractivity contribution in [1.29, 1.82) is 0 Å². The van der Waals surface area contributed by atoms with E-state index in [1.807, 2.05) is 0 Å². The molecular formula is C6H22K2O9Si2+4. The molecule has 0 aromatic heterocycles. The van der Waals surface area contributed by atoms with Gasteiger partial charge in [-0.1, -0.05) is 0 Å². The average molecular weight is 374 g/mol. The van der Waals surface area contributed by atoms with Gasteiger partial charge in [0.1, 0.15) is 6.61 Å². The van der Waals surface area contributed by atoms with Crippen LogP contribution in [-0.4, -0.2) is 78.2 Å². The first-order chi connectivity index (χ1) is 7.76. The predicted octanol–water partition coefficient (Wildman–Crippen LogP) is -9.61. The molecule has 1 aliphatic heterocycles. The molecule has 106 valence electrons. The fraction of sp³-hybridized carbons (Fsp3) is 1.00. The van der Waals surface area contributed by atoms with Gasteiger partial charge in [-0.2, -0.15) is 0 Å². The van der Waals surface area contributed by atoms with Crippen molar-refractivity contribution in [2.24, 2.45) is 0 Å². The minimum atomic E-state index is -1.43. The predicted molar refractivity (Wildman–Crippen MR) is 61.6 cm³/mol. The molecular weight excluding hydrogens is 350 g/mol. The number of rotatable bonds is 4. The minimum absolute atomic E-state index is 0. The molecule has 0 unspecified atom stereocenters. The van der Waals surface area contributed by atoms with Gasteiger partial charge in [-0.15, -0.1) is 0 Å². The third kappa shape index (κ3) is 33.7. The summed E-state index contributed by atoms with van der Waals surface area (Å²) in [5.41, 5.74) is 0. The topological polar surface area (TPSA) is 163 Å². The molecule has 0 radical (unpaired) electrons. The van der Waals surface area contributed by atoms with E-state index in [0.717, 1.165) is 0 Å². The molecule has 0 saturated carbocycles. The van der Waals surface area contributed by atoms with Crippen LogP contribution in [0.3, 0.4) is 0 Å². The van der Waals surface area contributed by atoms with Crippen molar-refractivity contribution in [3.8, 4) is 0 Å². The summed E-state index contributed by atoms with van der Waals surface area (Å²) in [5.74, 6) is 0. The SMILES string of the molecule is O=[Si]=[OH+].OCCO[Si-]1OCCO1.OCC[OH2+].[2HH].[K+].[K+].[OH3+]. The second-order valence-electron chi connectivity index (χ2n) is 2.08. The molecule has 0 spiro atoms. The van der Waals surface area contributed by atoms with Gasteiger partial charge in [0.15, 0.2) is 6.61 Å². The molecule has 13 heteroatoms. The quantitative estimate of drug-likeness (QED) is 0.367. The first-order valence-corrected chi connectivity index (χ1v) is 6.47. The van der Waals surface area contributed by atoms with Crippen LogP contribution in [-0.2, 0) is 23.2 Å². The molecule has 9 nitrogen and oxygen atoms in total. The summed E-state index contributed by atoms with van der Waals surface area (Å²) >= 11 is 0. The van der Waals surface area contributed by atoms with E-state index < -0.39 is 18.8 Å². The molecule has 0 amide bonds. The molecule has 0 aliphatic carbocycles. The summed E-state index contributed by atoms with van der Waals surface area (Å²) in [7, 11) is -2.60. The maximum absolute atomic E-state index is 8.51. The summed E-state index contributed by atoms with van der Waals surface area (Å²) in [6, 6.07) is 0. The molecule has 1 aliphatic rings. The van der Waals surface area contributed by atoms with Gasteiger partial charge in [0.25, 0.3) is 0 Å². The Bertz CT molecular complexity index is 171. The largest absolute Gasteiger partial charge is 1.00 e. The monoisotopic (exact) mass is 373 g/mol. The Kier molecular flexibility index (Phi) is 58.0. The number of aliphatic hydroxyl groups is 2. The first-order valence-electron chi connectivity index (χ1n) is 4.39. The first kappa shape index (κ1) is 33.6. The smallest absolute Gasteiger partial charge is 0.540 e. The average Bonchev–Trinajstić information content (AvgIpc) is 2.81. The van der Waals surface area contributed by atoms with E-state index in [2.05, 4.69) is 0 Å². The van der Waals surface area contributed by atoms with Gasteiger partial charge in [-0.25, -0.2) is 0 Å². The van der Waals surface area contributed by atoms with E-state index in [0.29, 0.717) is 19.8 Å². The van der Waals surface area contributed by atoms with Crippen molar-refractivity contribution in [2.75, 3.05) is 39.6 Å². The zero-order chi connectivity index (χ0) is 12.6. The fourth-order valence-electron chi connectivity index (χ4n) is 0.504. The van der Waals surface area contributed by atoms with Crippen molar-refractivity contribution < 1.29 is 147 Å². The molecule has 1 rings (SSSR count). The fourth-order valence-corrected chi connectivity index (χ4v) is 1.51. The second kappa shape index (κ2) is 32.8. The summed E-state index contributed by atoms with van der Waals surface area (Å²) in [6.07, 6.45) is 0. The normalized spacial score (nSPS) is 11.9. The molecule has 1 saturated heterocycles. The Morgan fingerprint density at radius 2 is 1.68 bits per heavy atom. The molecule has 1 heterocycles. The Labute approximate surface area is 201 Å². The number of aliphatic hydroxyl groups excluding tert-OH is 2. The zero-order valence-corrected chi connectivity index (χ0v) is 19.5. The van der Waals surface area contributed by atoms with Crippen LogP contribution in [0.5, 0.6) is 0 Å². The van der Waals surface area contributed by atoms with E-state index in [1.54, 1.807) is 0 Å². The third-order valence-electron chi connectivity index (χ3n) is 0.946. The molecule has 19 heavy (non-hydrogen) atoms. The van der Waals surface area contributed by atoms with E-state index in [4.69, 9.17) is 37.5 Å². The van der Waals surface area contributed by atoms with E-state index in [-0.39, 0.29) is 129 Å². The number of hydrogen-bond donors (Lipinski definition) is 2. The molecule has 0 aromatic rings. The summed E-state index contributed by atoms with van der Waals surface area (Å²) < 4.78 is 30.5. The Morgan fingerprint density at radius 3 is 1.95 bits per heavy atom. The van der Waals surface area contributed by atoms with Gasteiger partial charge in [0.2, 0.25) is 9.53 Å². The maximum Gasteiger partial charge on any atom is 1.00 e. The van der Waals surface area contributed by atoms with E-state index in [9.17, 15) is 0 Å². The van der Waals surface area contributed by atoms with Crippen molar-refractivity contribution in [3.63, 3.8) is 0 Å². The molecule has 8 N–H and O–H groups in total. The molecule has 0 atom stereocenters. The Balaban J connectivity index is -0.0000000393. The third-order valence-corrected chi connectivity index (χ3v) is 2.27. The summed E-state index contributed by atoms with van der Waals surface area (Å²) in [5, 5.41) is 22.2. The molecule has 0 bridgehead atoms. The standard InChI is InChI=1S/C4H9O4Si.C2H6O2.2K.O2Si.H2O.H2/c5-1-2-6-9-7-3-4-8-9;3-1-2-4;;;1-3-2;;/h5H,1-4H2;3-4H,1-2H2;;;;1H2;1H/q-1;;2*+1;;;/p+3/i;;;;;;1+1. The van der Waals surface area contributed by atoms with Crippen LogP contribution >= 0.6 is 0 Å². The van der Waals surface area contributed by atoms with Crippen LogP contribution in [0, 0.1) is 0 Å². The van der Waals surface area contributed by atoms with Crippen LogP contribution in [0.4, 0.5) is 0 Å². The van der Waals surface area contributed by atoms with Crippen molar-refractivity contribution in [1.82, 2.24) is 0 Å². The van der Waals surface area contributed by atoms with Crippen LogP contribution in [0.2, 0.25) is 0 Å². The maximum atomic E-state index is 8.51. The van der Waals surface area contributed by atoms with Crippen molar-refractivity contribution in [2.45, 2.75) is 0 Å². The Hall–Kier alpha value is 3.03. The zero-order valence-electron chi connectivity index (χ0n) is 11.3. The van der Waals surface area contributed by atoms with Crippen LogP contribution in [0.25, 0.3) is 0 Å². The van der Waals surface area contributed by atoms with E-state index >= 15 is 0 Å². The second-order valence-corrected chi connectivity index (χ2v) is 3.63. The van der Waals surface area contributed by atoms with Crippen LogP contribution < -0.4 is 103 Å². The summed E-state index contributed by atoms with van der Waals surface area (Å²) in [4.78, 5) is 0. The van der Waals surface area contributed by atoms with Crippen molar-refractivity contribution >= 4 is 18.8 Å². The van der Waals surface area contributed by atoms with Gasteiger partial charge in [0, 0.05) is 21.2 Å². The van der Waals surface area contributed by atoms with Crippen LogP contribution in [0.1, 0.15) is 1.43 Å². The van der Waals surface area contributed by atoms with Gasteiger partial charge < -0.3 is 38.5 Å². The van der Waals surface area contributed by atoms with Gasteiger partial charge in [-0.3, -0.25) is 0 Å². The Morgan fingerprint density at radius 1 is 1.32 bits per heavy atom. The van der Waals surface area contributed by atoms with Gasteiger partial charge in [0.05, 0.1) is 6.61 Å². The molecule has 1 fully saturated rings. The van der Waals surface area contributed by atoms with Gasteiger partial charge in [-0.05, 0) is 4.46 Å². The molecule has 0 aromatic carbocycles.